The maximum atomic E-state index is 9.53. The van der Waals surface area contributed by atoms with Crippen molar-refractivity contribution in [1.82, 2.24) is 20.0 Å². The van der Waals surface area contributed by atoms with Gasteiger partial charge in [-0.05, 0) is 24.7 Å². The first-order valence-corrected chi connectivity index (χ1v) is 10.6. The summed E-state index contributed by atoms with van der Waals surface area (Å²) in [6.07, 6.45) is 9.63. The van der Waals surface area contributed by atoms with Crippen LogP contribution in [0, 0.1) is 5.41 Å². The average Bonchev–Trinajstić information content (AvgIpc) is 3.05. The molecule has 1 aliphatic heterocycles. The summed E-state index contributed by atoms with van der Waals surface area (Å²) >= 11 is 0. The highest BCUT2D eigenvalue weighted by Crippen LogP contribution is 2.33. The molecule has 0 amide bonds. The SMILES string of the molecule is CC(C)(C)CN1CCN(Cc2cn[nH]c2C2CCCCC2)CC1CCO. The van der Waals surface area contributed by atoms with E-state index in [-0.39, 0.29) is 6.61 Å². The predicted molar refractivity (Wildman–Crippen MR) is 106 cm³/mol. The minimum absolute atomic E-state index is 0.276. The Morgan fingerprint density at radius 2 is 1.96 bits per heavy atom. The van der Waals surface area contributed by atoms with Gasteiger partial charge in [0.25, 0.3) is 0 Å². The molecule has 26 heavy (non-hydrogen) atoms. The Balaban J connectivity index is 1.62. The summed E-state index contributed by atoms with van der Waals surface area (Å²) in [5, 5.41) is 17.2. The Labute approximate surface area is 159 Å². The van der Waals surface area contributed by atoms with Crippen LogP contribution < -0.4 is 0 Å². The Bertz CT molecular complexity index is 544. The van der Waals surface area contributed by atoms with Gasteiger partial charge in [0.2, 0.25) is 0 Å². The van der Waals surface area contributed by atoms with E-state index in [2.05, 4.69) is 40.8 Å². The van der Waals surface area contributed by atoms with Gasteiger partial charge < -0.3 is 5.11 Å². The van der Waals surface area contributed by atoms with Gasteiger partial charge in [-0.15, -0.1) is 0 Å². The molecule has 5 heteroatoms. The van der Waals surface area contributed by atoms with Gasteiger partial charge in [0, 0.05) is 62.5 Å². The fourth-order valence-electron chi connectivity index (χ4n) is 4.77. The van der Waals surface area contributed by atoms with Crippen molar-refractivity contribution >= 4 is 0 Å². The average molecular weight is 363 g/mol. The van der Waals surface area contributed by atoms with Gasteiger partial charge in [0.1, 0.15) is 0 Å². The monoisotopic (exact) mass is 362 g/mol. The van der Waals surface area contributed by atoms with Crippen molar-refractivity contribution in [2.75, 3.05) is 32.8 Å². The number of rotatable bonds is 6. The van der Waals surface area contributed by atoms with E-state index in [1.54, 1.807) is 0 Å². The molecule has 1 atom stereocenters. The third-order valence-electron chi connectivity index (χ3n) is 5.99. The second-order valence-electron chi connectivity index (χ2n) is 9.58. The molecule has 1 unspecified atom stereocenters. The highest BCUT2D eigenvalue weighted by atomic mass is 16.3. The summed E-state index contributed by atoms with van der Waals surface area (Å²) in [5.74, 6) is 0.677. The molecular formula is C21H38N4O. The number of piperazine rings is 1. The quantitative estimate of drug-likeness (QED) is 0.815. The molecule has 1 aromatic heterocycles. The van der Waals surface area contributed by atoms with Crippen molar-refractivity contribution in [2.24, 2.45) is 5.41 Å². The number of nitrogens with one attached hydrogen (secondary N) is 1. The second-order valence-corrected chi connectivity index (χ2v) is 9.58. The lowest BCUT2D eigenvalue weighted by molar-refractivity contribution is 0.0338. The van der Waals surface area contributed by atoms with Crippen molar-refractivity contribution in [2.45, 2.75) is 77.8 Å². The van der Waals surface area contributed by atoms with E-state index in [9.17, 15) is 5.11 Å². The summed E-state index contributed by atoms with van der Waals surface area (Å²) in [7, 11) is 0. The van der Waals surface area contributed by atoms with E-state index in [1.165, 1.54) is 43.4 Å². The van der Waals surface area contributed by atoms with Gasteiger partial charge in [0.15, 0.2) is 0 Å². The standard InChI is InChI=1S/C21H38N4O/c1-21(2,3)16-25-11-10-24(15-19(25)9-12-26)14-18-13-22-23-20(18)17-7-5-4-6-8-17/h13,17,19,26H,4-12,14-16H2,1-3H3,(H,22,23). The lowest BCUT2D eigenvalue weighted by Crippen LogP contribution is -2.54. The van der Waals surface area contributed by atoms with Gasteiger partial charge in [-0.2, -0.15) is 5.10 Å². The molecule has 2 aliphatic rings. The van der Waals surface area contributed by atoms with Crippen molar-refractivity contribution in [3.8, 4) is 0 Å². The molecule has 5 nitrogen and oxygen atoms in total. The smallest absolute Gasteiger partial charge is 0.0535 e. The number of aromatic nitrogens is 2. The van der Waals surface area contributed by atoms with Crippen LogP contribution in [0.2, 0.25) is 0 Å². The van der Waals surface area contributed by atoms with Crippen molar-refractivity contribution in [1.29, 1.82) is 0 Å². The van der Waals surface area contributed by atoms with Crippen LogP contribution in [-0.4, -0.2) is 63.9 Å². The summed E-state index contributed by atoms with van der Waals surface area (Å²) < 4.78 is 0. The number of H-pyrrole nitrogens is 1. The maximum Gasteiger partial charge on any atom is 0.0535 e. The molecule has 1 aliphatic carbocycles. The van der Waals surface area contributed by atoms with Crippen LogP contribution in [0.25, 0.3) is 0 Å². The fourth-order valence-corrected chi connectivity index (χ4v) is 4.77. The van der Waals surface area contributed by atoms with Crippen LogP contribution in [-0.2, 0) is 6.54 Å². The molecule has 1 saturated heterocycles. The van der Waals surface area contributed by atoms with Crippen molar-refractivity contribution in [3.63, 3.8) is 0 Å². The first-order valence-electron chi connectivity index (χ1n) is 10.6. The lowest BCUT2D eigenvalue weighted by Gasteiger charge is -2.44. The molecular weight excluding hydrogens is 324 g/mol. The Hall–Kier alpha value is -0.910. The first-order chi connectivity index (χ1) is 12.5. The van der Waals surface area contributed by atoms with E-state index in [0.717, 1.165) is 39.1 Å². The Morgan fingerprint density at radius 1 is 1.19 bits per heavy atom. The van der Waals surface area contributed by atoms with E-state index in [1.807, 2.05) is 6.20 Å². The van der Waals surface area contributed by atoms with E-state index >= 15 is 0 Å². The molecule has 0 radical (unpaired) electrons. The van der Waals surface area contributed by atoms with Crippen LogP contribution >= 0.6 is 0 Å². The molecule has 0 bridgehead atoms. The van der Waals surface area contributed by atoms with Gasteiger partial charge in [-0.1, -0.05) is 40.0 Å². The number of hydrogen-bond donors (Lipinski definition) is 2. The second kappa shape index (κ2) is 8.85. The maximum absolute atomic E-state index is 9.53. The Kier molecular flexibility index (Phi) is 6.76. The molecule has 1 saturated carbocycles. The fraction of sp³-hybridized carbons (Fsp3) is 0.857. The largest absolute Gasteiger partial charge is 0.396 e. The number of aromatic amines is 1. The van der Waals surface area contributed by atoms with Gasteiger partial charge in [0.05, 0.1) is 6.20 Å². The van der Waals surface area contributed by atoms with Gasteiger partial charge >= 0.3 is 0 Å². The third kappa shape index (κ3) is 5.30. The Morgan fingerprint density at radius 3 is 2.65 bits per heavy atom. The normalized spacial score (nSPS) is 24.2. The number of nitrogens with zero attached hydrogens (tertiary/aromatic N) is 3. The van der Waals surface area contributed by atoms with Crippen LogP contribution in [0.1, 0.15) is 76.5 Å². The lowest BCUT2D eigenvalue weighted by atomic mass is 9.85. The van der Waals surface area contributed by atoms with Crippen LogP contribution in [0.4, 0.5) is 0 Å². The highest BCUT2D eigenvalue weighted by Gasteiger charge is 2.30. The third-order valence-corrected chi connectivity index (χ3v) is 5.99. The summed E-state index contributed by atoms with van der Waals surface area (Å²) in [6, 6.07) is 0.456. The summed E-state index contributed by atoms with van der Waals surface area (Å²) in [6.45, 7) is 12.5. The van der Waals surface area contributed by atoms with E-state index in [0.29, 0.717) is 17.4 Å². The van der Waals surface area contributed by atoms with Crippen molar-refractivity contribution < 1.29 is 5.11 Å². The minimum atomic E-state index is 0.276. The van der Waals surface area contributed by atoms with Crippen LogP contribution in [0.5, 0.6) is 0 Å². The zero-order valence-corrected chi connectivity index (χ0v) is 17.0. The molecule has 0 aromatic carbocycles. The first kappa shape index (κ1) is 19.8. The summed E-state index contributed by atoms with van der Waals surface area (Å²) in [5.41, 5.74) is 3.08. The zero-order chi connectivity index (χ0) is 18.6. The van der Waals surface area contributed by atoms with Gasteiger partial charge in [-0.3, -0.25) is 14.9 Å². The van der Waals surface area contributed by atoms with Gasteiger partial charge in [-0.25, -0.2) is 0 Å². The number of hydrogen-bond acceptors (Lipinski definition) is 4. The number of aliphatic hydroxyl groups is 1. The molecule has 0 spiro atoms. The van der Waals surface area contributed by atoms with Crippen molar-refractivity contribution in [3.05, 3.63) is 17.5 Å². The molecule has 3 rings (SSSR count). The minimum Gasteiger partial charge on any atom is -0.396 e. The zero-order valence-electron chi connectivity index (χ0n) is 17.0. The molecule has 1 aromatic rings. The van der Waals surface area contributed by atoms with Crippen LogP contribution in [0.15, 0.2) is 6.20 Å². The van der Waals surface area contributed by atoms with E-state index < -0.39 is 0 Å². The van der Waals surface area contributed by atoms with Crippen LogP contribution in [0.3, 0.4) is 0 Å². The molecule has 148 valence electrons. The molecule has 2 N–H and O–H groups in total. The topological polar surface area (TPSA) is 55.4 Å². The summed E-state index contributed by atoms with van der Waals surface area (Å²) in [4.78, 5) is 5.15. The predicted octanol–water partition coefficient (Wildman–Crippen LogP) is 3.37. The molecule has 2 fully saturated rings. The highest BCUT2D eigenvalue weighted by molar-refractivity contribution is 5.21. The molecule has 2 heterocycles. The van der Waals surface area contributed by atoms with E-state index in [4.69, 9.17) is 0 Å². The number of aliphatic hydroxyl groups excluding tert-OH is 1.